The predicted octanol–water partition coefficient (Wildman–Crippen LogP) is 8.49. The van der Waals surface area contributed by atoms with Gasteiger partial charge in [-0.3, -0.25) is 4.98 Å². The van der Waals surface area contributed by atoms with Gasteiger partial charge in [0.2, 0.25) is 0 Å². The molecule has 0 aliphatic heterocycles. The minimum absolute atomic E-state index is 0.212. The number of phenols is 1. The number of rotatable bonds is 4. The lowest BCUT2D eigenvalue weighted by molar-refractivity contribution is 0.477. The van der Waals surface area contributed by atoms with Gasteiger partial charge in [0.25, 0.3) is 0 Å². The topological polar surface area (TPSA) is 58.9 Å². The molecule has 0 atom stereocenters. The van der Waals surface area contributed by atoms with Gasteiger partial charge >= 0.3 is 0 Å². The third-order valence-electron chi connectivity index (χ3n) is 8.08. The number of benzene rings is 4. The summed E-state index contributed by atoms with van der Waals surface area (Å²) >= 11 is 1.66. The van der Waals surface area contributed by atoms with Crippen LogP contribution in [0, 0.1) is 0 Å². The lowest BCUT2D eigenvalue weighted by Gasteiger charge is -2.33. The Morgan fingerprint density at radius 1 is 0.634 bits per heavy atom. The van der Waals surface area contributed by atoms with E-state index in [1.807, 2.05) is 36.4 Å². The Hall–Kier alpha value is -5.13. The molecule has 0 bridgehead atoms. The number of hydrogen-bond acceptors (Lipinski definition) is 5. The Labute approximate surface area is 241 Å². The quantitative estimate of drug-likeness (QED) is 0.241. The number of aromatic nitrogens is 3. The number of aromatic hydroxyl groups is 1. The number of pyridine rings is 1. The highest BCUT2D eigenvalue weighted by Gasteiger charge is 2.47. The highest BCUT2D eigenvalue weighted by molar-refractivity contribution is 7.17. The maximum absolute atomic E-state index is 10.7. The smallest absolute Gasteiger partial charge is 0.124 e. The van der Waals surface area contributed by atoms with Gasteiger partial charge in [0.15, 0.2) is 0 Å². The maximum atomic E-state index is 10.7. The Morgan fingerprint density at radius 3 is 2.12 bits per heavy atom. The van der Waals surface area contributed by atoms with Crippen LogP contribution in [0.15, 0.2) is 133 Å². The molecule has 0 spiro atoms. The molecular formula is C36H23N3OS. The number of thiophene rings is 1. The number of hydrogen-bond donors (Lipinski definition) is 1. The highest BCUT2D eigenvalue weighted by Crippen LogP contribution is 2.56. The SMILES string of the molecule is Oc1ccccc1-c1cccc(C2(c3cccc(-c4ncnc5ccsc45)c3)c3ccccc3-c3ccccc32)n1. The Balaban J connectivity index is 1.45. The second-order valence-electron chi connectivity index (χ2n) is 10.2. The molecule has 1 aliphatic rings. The van der Waals surface area contributed by atoms with Crippen molar-refractivity contribution >= 4 is 21.6 Å². The average molecular weight is 546 g/mol. The van der Waals surface area contributed by atoms with E-state index in [9.17, 15) is 5.11 Å². The first-order chi connectivity index (χ1) is 20.2. The lowest BCUT2D eigenvalue weighted by atomic mass is 9.69. The molecule has 3 heterocycles. The van der Waals surface area contributed by atoms with Crippen molar-refractivity contribution in [1.82, 2.24) is 15.0 Å². The van der Waals surface area contributed by atoms with E-state index in [0.29, 0.717) is 5.56 Å². The predicted molar refractivity (Wildman–Crippen MR) is 165 cm³/mol. The summed E-state index contributed by atoms with van der Waals surface area (Å²) < 4.78 is 1.07. The number of fused-ring (bicyclic) bond motifs is 4. The molecule has 1 aliphatic carbocycles. The zero-order valence-corrected chi connectivity index (χ0v) is 22.7. The van der Waals surface area contributed by atoms with Gasteiger partial charge in [-0.15, -0.1) is 11.3 Å². The maximum Gasteiger partial charge on any atom is 0.124 e. The van der Waals surface area contributed by atoms with E-state index in [1.54, 1.807) is 23.7 Å². The molecule has 5 heteroatoms. The van der Waals surface area contributed by atoms with Gasteiger partial charge in [-0.25, -0.2) is 9.97 Å². The van der Waals surface area contributed by atoms with E-state index >= 15 is 0 Å². The molecule has 0 saturated carbocycles. The Morgan fingerprint density at radius 2 is 1.34 bits per heavy atom. The highest BCUT2D eigenvalue weighted by atomic mass is 32.1. The molecule has 7 aromatic rings. The van der Waals surface area contributed by atoms with Crippen molar-refractivity contribution in [1.29, 1.82) is 0 Å². The molecule has 0 unspecified atom stereocenters. The summed E-state index contributed by atoms with van der Waals surface area (Å²) in [6, 6.07) is 41.5. The molecule has 0 fully saturated rings. The zero-order chi connectivity index (χ0) is 27.4. The molecule has 4 nitrogen and oxygen atoms in total. The molecule has 4 aromatic carbocycles. The third-order valence-corrected chi connectivity index (χ3v) is 8.99. The van der Waals surface area contributed by atoms with E-state index < -0.39 is 5.41 Å². The van der Waals surface area contributed by atoms with Gasteiger partial charge in [-0.2, -0.15) is 0 Å². The minimum Gasteiger partial charge on any atom is -0.507 e. The Kier molecular flexibility index (Phi) is 5.34. The van der Waals surface area contributed by atoms with Crippen molar-refractivity contribution in [3.63, 3.8) is 0 Å². The minimum atomic E-state index is -0.675. The van der Waals surface area contributed by atoms with Crippen LogP contribution in [0.3, 0.4) is 0 Å². The summed E-state index contributed by atoms with van der Waals surface area (Å²) in [5.41, 5.74) is 10.5. The lowest BCUT2D eigenvalue weighted by Crippen LogP contribution is -2.30. The van der Waals surface area contributed by atoms with Crippen molar-refractivity contribution in [3.8, 4) is 39.4 Å². The van der Waals surface area contributed by atoms with Crippen LogP contribution < -0.4 is 0 Å². The van der Waals surface area contributed by atoms with E-state index in [1.165, 1.54) is 22.3 Å². The van der Waals surface area contributed by atoms with Crippen LogP contribution >= 0.6 is 11.3 Å². The van der Waals surface area contributed by atoms with E-state index in [4.69, 9.17) is 9.97 Å². The molecule has 0 amide bonds. The summed E-state index contributed by atoms with van der Waals surface area (Å²) in [7, 11) is 0. The van der Waals surface area contributed by atoms with E-state index in [-0.39, 0.29) is 5.75 Å². The van der Waals surface area contributed by atoms with Crippen molar-refractivity contribution in [2.45, 2.75) is 5.41 Å². The normalized spacial score (nSPS) is 13.2. The molecule has 3 aromatic heterocycles. The second-order valence-corrected chi connectivity index (χ2v) is 11.1. The average Bonchev–Trinajstić information content (AvgIpc) is 3.63. The summed E-state index contributed by atoms with van der Waals surface area (Å²) in [5, 5.41) is 12.8. The fourth-order valence-corrected chi connectivity index (χ4v) is 7.20. The second kappa shape index (κ2) is 9.22. The molecule has 41 heavy (non-hydrogen) atoms. The van der Waals surface area contributed by atoms with Gasteiger partial charge in [-0.05, 0) is 69.6 Å². The Bertz CT molecular complexity index is 2050. The van der Waals surface area contributed by atoms with Crippen molar-refractivity contribution in [2.24, 2.45) is 0 Å². The third kappa shape index (κ3) is 3.49. The summed E-state index contributed by atoms with van der Waals surface area (Å²) in [5.74, 6) is 0.212. The van der Waals surface area contributed by atoms with Gasteiger partial charge in [0.05, 0.1) is 32.7 Å². The van der Waals surface area contributed by atoms with Crippen molar-refractivity contribution in [3.05, 3.63) is 155 Å². The van der Waals surface area contributed by atoms with E-state index in [0.717, 1.165) is 38.4 Å². The molecule has 0 radical (unpaired) electrons. The van der Waals surface area contributed by atoms with Gasteiger partial charge in [-0.1, -0.05) is 84.9 Å². The van der Waals surface area contributed by atoms with Crippen LogP contribution in [-0.2, 0) is 5.41 Å². The van der Waals surface area contributed by atoms with Crippen LogP contribution in [0.2, 0.25) is 0 Å². The summed E-state index contributed by atoms with van der Waals surface area (Å²) in [4.78, 5) is 14.5. The standard InChI is InChI=1S/C36H23N3OS/c40-32-17-6-3-13-27(32)30-16-8-18-33(39-30)36(28-14-4-1-11-25(28)26-12-2-5-15-29(26)36)24-10-7-9-23(21-24)34-35-31(19-20-41-35)37-22-38-34/h1-22,40H. The first kappa shape index (κ1) is 23.7. The fraction of sp³-hybridized carbons (Fsp3) is 0.0278. The number of nitrogens with zero attached hydrogens (tertiary/aromatic N) is 3. The first-order valence-electron chi connectivity index (χ1n) is 13.5. The van der Waals surface area contributed by atoms with Crippen LogP contribution in [0.5, 0.6) is 5.75 Å². The van der Waals surface area contributed by atoms with Gasteiger partial charge < -0.3 is 5.11 Å². The first-order valence-corrected chi connectivity index (χ1v) is 14.4. The van der Waals surface area contributed by atoms with Gasteiger partial charge in [0.1, 0.15) is 12.1 Å². The number of para-hydroxylation sites is 1. The molecule has 1 N–H and O–H groups in total. The van der Waals surface area contributed by atoms with E-state index in [2.05, 4.69) is 89.2 Å². The van der Waals surface area contributed by atoms with Crippen LogP contribution in [0.25, 0.3) is 43.9 Å². The van der Waals surface area contributed by atoms with Crippen LogP contribution in [0.1, 0.15) is 22.4 Å². The number of phenolic OH excluding ortho intramolecular Hbond substituents is 1. The monoisotopic (exact) mass is 545 g/mol. The van der Waals surface area contributed by atoms with Crippen molar-refractivity contribution < 1.29 is 5.11 Å². The summed E-state index contributed by atoms with van der Waals surface area (Å²) in [6.07, 6.45) is 1.64. The van der Waals surface area contributed by atoms with Crippen LogP contribution in [0.4, 0.5) is 0 Å². The molecule has 194 valence electrons. The fourth-order valence-electron chi connectivity index (χ4n) is 6.35. The summed E-state index contributed by atoms with van der Waals surface area (Å²) in [6.45, 7) is 0. The largest absolute Gasteiger partial charge is 0.507 e. The molecule has 8 rings (SSSR count). The van der Waals surface area contributed by atoms with Crippen molar-refractivity contribution in [2.75, 3.05) is 0 Å². The zero-order valence-electron chi connectivity index (χ0n) is 21.9. The molecule has 0 saturated heterocycles. The van der Waals surface area contributed by atoms with Gasteiger partial charge in [0, 0.05) is 11.1 Å². The van der Waals surface area contributed by atoms with Crippen LogP contribution in [-0.4, -0.2) is 20.1 Å². The molecular weight excluding hydrogens is 522 g/mol.